The Morgan fingerprint density at radius 1 is 1.14 bits per heavy atom. The molecule has 4 fully saturated rings. The van der Waals surface area contributed by atoms with Crippen LogP contribution in [0.15, 0.2) is 36.3 Å². The van der Waals surface area contributed by atoms with Crippen LogP contribution in [0.3, 0.4) is 0 Å². The van der Waals surface area contributed by atoms with Crippen molar-refractivity contribution in [1.29, 1.82) is 0 Å². The van der Waals surface area contributed by atoms with Crippen molar-refractivity contribution in [3.8, 4) is 0 Å². The molecule has 2 bridgehead atoms. The van der Waals surface area contributed by atoms with Crippen LogP contribution >= 0.6 is 0 Å². The molecule has 0 unspecified atom stereocenters. The van der Waals surface area contributed by atoms with Crippen LogP contribution in [-0.2, 0) is 9.31 Å². The summed E-state index contributed by atoms with van der Waals surface area (Å²) in [7, 11) is -0.199. The zero-order valence-corrected chi connectivity index (χ0v) is 13.1. The Morgan fingerprint density at radius 2 is 1.90 bits per heavy atom. The van der Waals surface area contributed by atoms with E-state index < -0.39 is 0 Å². The molecule has 0 amide bonds. The van der Waals surface area contributed by atoms with E-state index in [9.17, 15) is 0 Å². The van der Waals surface area contributed by atoms with E-state index in [1.165, 1.54) is 12.0 Å². The highest BCUT2D eigenvalue weighted by Crippen LogP contribution is 2.65. The van der Waals surface area contributed by atoms with E-state index in [2.05, 4.69) is 57.1 Å². The number of hydrogen-bond acceptors (Lipinski definition) is 2. The van der Waals surface area contributed by atoms with Crippen LogP contribution in [0.2, 0.25) is 0 Å². The monoisotopic (exact) mass is 282 g/mol. The minimum Gasteiger partial charge on any atom is -0.402 e. The second-order valence-corrected chi connectivity index (χ2v) is 7.61. The minimum atomic E-state index is -0.199. The van der Waals surface area contributed by atoms with E-state index in [1.54, 1.807) is 0 Å². The van der Waals surface area contributed by atoms with Crippen LogP contribution in [-0.4, -0.2) is 18.8 Å². The summed E-state index contributed by atoms with van der Waals surface area (Å²) < 4.78 is 12.5. The summed E-state index contributed by atoms with van der Waals surface area (Å²) in [6.45, 7) is 7.05. The van der Waals surface area contributed by atoms with E-state index in [1.807, 2.05) is 6.07 Å². The van der Waals surface area contributed by atoms with Gasteiger partial charge in [0.25, 0.3) is 0 Å². The lowest BCUT2D eigenvalue weighted by Gasteiger charge is -2.64. The zero-order valence-electron chi connectivity index (χ0n) is 13.1. The van der Waals surface area contributed by atoms with Gasteiger partial charge in [-0.3, -0.25) is 0 Å². The average Bonchev–Trinajstić information content (AvgIpc) is 2.82. The Bertz CT molecular complexity index is 568. The highest BCUT2D eigenvalue weighted by molar-refractivity contribution is 6.52. The fourth-order valence-electron chi connectivity index (χ4n) is 4.73. The van der Waals surface area contributed by atoms with Crippen molar-refractivity contribution in [2.24, 2.45) is 17.3 Å². The maximum atomic E-state index is 6.35. The summed E-state index contributed by atoms with van der Waals surface area (Å²) >= 11 is 0. The summed E-state index contributed by atoms with van der Waals surface area (Å²) in [6, 6.07) is 10.3. The summed E-state index contributed by atoms with van der Waals surface area (Å²) in [6.07, 6.45) is 4.81. The van der Waals surface area contributed by atoms with Crippen molar-refractivity contribution in [3.05, 3.63) is 41.9 Å². The van der Waals surface area contributed by atoms with Gasteiger partial charge in [0.15, 0.2) is 0 Å². The third-order valence-corrected chi connectivity index (χ3v) is 6.21. The van der Waals surface area contributed by atoms with Crippen molar-refractivity contribution in [1.82, 2.24) is 0 Å². The first kappa shape index (κ1) is 13.6. The van der Waals surface area contributed by atoms with E-state index in [4.69, 9.17) is 9.31 Å². The SMILES string of the molecule is CC1(C)[C@H]2C[C@@H]3OB(/C=C/c4ccccc4)O[C@]3(C)[C@@H]1C2. The van der Waals surface area contributed by atoms with Gasteiger partial charge in [-0.05, 0) is 42.6 Å². The summed E-state index contributed by atoms with van der Waals surface area (Å²) in [5.74, 6) is 3.49. The molecular formula is C18H23BO2. The van der Waals surface area contributed by atoms with Crippen molar-refractivity contribution < 1.29 is 9.31 Å². The van der Waals surface area contributed by atoms with Gasteiger partial charge in [-0.15, -0.1) is 0 Å². The lowest BCUT2D eigenvalue weighted by atomic mass is 9.43. The summed E-state index contributed by atoms with van der Waals surface area (Å²) in [5.41, 5.74) is 1.49. The zero-order chi connectivity index (χ0) is 14.7. The first-order chi connectivity index (χ1) is 10.00. The Labute approximate surface area is 127 Å². The fraction of sp³-hybridized carbons (Fsp3) is 0.556. The Balaban J connectivity index is 1.51. The Morgan fingerprint density at radius 3 is 2.62 bits per heavy atom. The van der Waals surface area contributed by atoms with Crippen LogP contribution in [0.25, 0.3) is 6.08 Å². The van der Waals surface area contributed by atoms with E-state index in [-0.39, 0.29) is 18.8 Å². The molecule has 1 heterocycles. The molecule has 0 N–H and O–H groups in total. The Hall–Kier alpha value is -1.06. The standard InChI is InChI=1S/C18H23BO2/c1-17(2)14-11-15(17)18(3)16(12-14)20-19(21-18)10-9-13-7-5-4-6-8-13/h4-10,14-16H,11-12H2,1-3H3/b10-9+/t14-,15-,16+,18-/m1/s1. The molecule has 1 aliphatic heterocycles. The van der Waals surface area contributed by atoms with E-state index in [0.29, 0.717) is 11.3 Å². The molecule has 1 aromatic carbocycles. The Kier molecular flexibility index (Phi) is 2.89. The van der Waals surface area contributed by atoms with Gasteiger partial charge in [-0.2, -0.15) is 0 Å². The van der Waals surface area contributed by atoms with Crippen molar-refractivity contribution in [2.75, 3.05) is 0 Å². The van der Waals surface area contributed by atoms with Gasteiger partial charge in [-0.25, -0.2) is 0 Å². The van der Waals surface area contributed by atoms with Crippen LogP contribution in [0.4, 0.5) is 0 Å². The minimum absolute atomic E-state index is 0.107. The maximum absolute atomic E-state index is 6.35. The molecule has 4 aliphatic rings. The smallest absolute Gasteiger partial charge is 0.402 e. The third-order valence-electron chi connectivity index (χ3n) is 6.21. The molecule has 1 saturated heterocycles. The molecule has 3 aliphatic carbocycles. The topological polar surface area (TPSA) is 18.5 Å². The van der Waals surface area contributed by atoms with Gasteiger partial charge in [-0.1, -0.05) is 56.2 Å². The largest absolute Gasteiger partial charge is 0.486 e. The van der Waals surface area contributed by atoms with Gasteiger partial charge < -0.3 is 9.31 Å². The van der Waals surface area contributed by atoms with Gasteiger partial charge in [0.05, 0.1) is 11.7 Å². The molecule has 5 rings (SSSR count). The predicted octanol–water partition coefficient (Wildman–Crippen LogP) is 3.97. The molecule has 3 heteroatoms. The van der Waals surface area contributed by atoms with Crippen molar-refractivity contribution in [2.45, 2.75) is 45.3 Å². The number of rotatable bonds is 2. The maximum Gasteiger partial charge on any atom is 0.486 e. The van der Waals surface area contributed by atoms with Crippen LogP contribution in [0.5, 0.6) is 0 Å². The highest BCUT2D eigenvalue weighted by Gasteiger charge is 2.67. The molecule has 110 valence electrons. The molecular weight excluding hydrogens is 259 g/mol. The van der Waals surface area contributed by atoms with Crippen LogP contribution in [0, 0.1) is 17.3 Å². The van der Waals surface area contributed by atoms with Crippen molar-refractivity contribution in [3.63, 3.8) is 0 Å². The van der Waals surface area contributed by atoms with E-state index in [0.717, 1.165) is 12.3 Å². The molecule has 0 radical (unpaired) electrons. The summed E-state index contributed by atoms with van der Waals surface area (Å²) in [5, 5.41) is 0. The molecule has 3 saturated carbocycles. The highest BCUT2D eigenvalue weighted by atomic mass is 16.7. The lowest BCUT2D eigenvalue weighted by molar-refractivity contribution is -0.199. The molecule has 0 aromatic heterocycles. The average molecular weight is 282 g/mol. The predicted molar refractivity (Wildman–Crippen MR) is 85.6 cm³/mol. The number of hydrogen-bond donors (Lipinski definition) is 0. The quantitative estimate of drug-likeness (QED) is 0.764. The fourth-order valence-corrected chi connectivity index (χ4v) is 4.73. The second-order valence-electron chi connectivity index (χ2n) is 7.61. The van der Waals surface area contributed by atoms with Gasteiger partial charge in [0.1, 0.15) is 0 Å². The number of benzene rings is 1. The van der Waals surface area contributed by atoms with Crippen LogP contribution < -0.4 is 0 Å². The lowest BCUT2D eigenvalue weighted by Crippen LogP contribution is -2.65. The molecule has 21 heavy (non-hydrogen) atoms. The summed E-state index contributed by atoms with van der Waals surface area (Å²) in [4.78, 5) is 0. The van der Waals surface area contributed by atoms with Gasteiger partial charge >= 0.3 is 7.12 Å². The first-order valence-electron chi connectivity index (χ1n) is 8.06. The van der Waals surface area contributed by atoms with Gasteiger partial charge in [0, 0.05) is 0 Å². The second kappa shape index (κ2) is 4.47. The van der Waals surface area contributed by atoms with Gasteiger partial charge in [0.2, 0.25) is 0 Å². The molecule has 0 spiro atoms. The van der Waals surface area contributed by atoms with Crippen LogP contribution in [0.1, 0.15) is 39.2 Å². The molecule has 2 nitrogen and oxygen atoms in total. The normalized spacial score (nSPS) is 40.1. The first-order valence-corrected chi connectivity index (χ1v) is 8.06. The molecule has 1 aromatic rings. The van der Waals surface area contributed by atoms with Crippen molar-refractivity contribution >= 4 is 13.2 Å². The van der Waals surface area contributed by atoms with E-state index >= 15 is 0 Å². The molecule has 4 atom stereocenters. The third kappa shape index (κ3) is 1.94.